The fourth-order valence-electron chi connectivity index (χ4n) is 4.78. The molecule has 1 aromatic carbocycles. The van der Waals surface area contributed by atoms with Crippen molar-refractivity contribution in [3.8, 4) is 11.4 Å². The zero-order chi connectivity index (χ0) is 22.5. The number of nitrogens with two attached hydrogens (primary N) is 1. The van der Waals surface area contributed by atoms with Crippen molar-refractivity contribution < 1.29 is 9.47 Å². The van der Waals surface area contributed by atoms with E-state index in [1.165, 1.54) is 11.7 Å². The molecular formula is C22H28Cl2N4O3. The van der Waals surface area contributed by atoms with E-state index in [-0.39, 0.29) is 33.2 Å². The molecule has 4 rings (SSSR count). The number of anilines is 1. The Balaban J connectivity index is 1.66. The number of aryl methyl sites for hydroxylation is 1. The van der Waals surface area contributed by atoms with Gasteiger partial charge in [0.25, 0.3) is 5.56 Å². The number of benzene rings is 1. The summed E-state index contributed by atoms with van der Waals surface area (Å²) in [5, 5.41) is 0.518. The molecule has 1 spiro atoms. The Bertz CT molecular complexity index is 1060. The van der Waals surface area contributed by atoms with Crippen molar-refractivity contribution in [2.24, 2.45) is 11.1 Å². The summed E-state index contributed by atoms with van der Waals surface area (Å²) in [6.07, 6.45) is 1.92. The molecule has 0 radical (unpaired) electrons. The molecule has 0 unspecified atom stereocenters. The Kier molecular flexibility index (Phi) is 5.98. The molecule has 2 aliphatic rings. The Hall–Kier alpha value is -1.80. The molecule has 0 amide bonds. The quantitative estimate of drug-likeness (QED) is 0.744. The highest BCUT2D eigenvalue weighted by atomic mass is 35.5. The average molecular weight is 467 g/mol. The topological polar surface area (TPSA) is 82.6 Å². The van der Waals surface area contributed by atoms with Crippen molar-refractivity contribution in [2.75, 3.05) is 31.7 Å². The van der Waals surface area contributed by atoms with Gasteiger partial charge in [0.15, 0.2) is 0 Å². The molecule has 2 N–H and O–H groups in total. The zero-order valence-corrected chi connectivity index (χ0v) is 19.8. The van der Waals surface area contributed by atoms with E-state index in [0.717, 1.165) is 25.9 Å². The lowest BCUT2D eigenvalue weighted by molar-refractivity contribution is 0.0974. The first-order valence-corrected chi connectivity index (χ1v) is 11.2. The van der Waals surface area contributed by atoms with Gasteiger partial charge in [0, 0.05) is 24.5 Å². The molecule has 3 heterocycles. The molecule has 168 valence electrons. The van der Waals surface area contributed by atoms with E-state index >= 15 is 0 Å². The maximum Gasteiger partial charge on any atom is 0.263 e. The van der Waals surface area contributed by atoms with Gasteiger partial charge < -0.3 is 20.1 Å². The molecular weight excluding hydrogens is 439 g/mol. The summed E-state index contributed by atoms with van der Waals surface area (Å²) in [5.41, 5.74) is 7.34. The molecule has 2 atom stereocenters. The van der Waals surface area contributed by atoms with Gasteiger partial charge in [-0.25, -0.2) is 4.98 Å². The van der Waals surface area contributed by atoms with Crippen LogP contribution in [0, 0.1) is 19.3 Å². The van der Waals surface area contributed by atoms with E-state index in [4.69, 9.17) is 43.4 Å². The minimum Gasteiger partial charge on any atom is -0.495 e. The number of nitrogens with zero attached hydrogens (tertiary/aromatic N) is 3. The number of ether oxygens (including phenoxy) is 2. The summed E-state index contributed by atoms with van der Waals surface area (Å²) >= 11 is 12.8. The third kappa shape index (κ3) is 3.61. The van der Waals surface area contributed by atoms with Crippen LogP contribution in [0.4, 0.5) is 5.82 Å². The van der Waals surface area contributed by atoms with E-state index in [1.807, 2.05) is 6.92 Å². The first-order chi connectivity index (χ1) is 14.7. The van der Waals surface area contributed by atoms with Crippen molar-refractivity contribution in [3.05, 3.63) is 43.9 Å². The maximum absolute atomic E-state index is 13.3. The lowest BCUT2D eigenvalue weighted by atomic mass is 9.73. The van der Waals surface area contributed by atoms with Crippen LogP contribution in [-0.4, -0.2) is 48.5 Å². The van der Waals surface area contributed by atoms with Crippen molar-refractivity contribution >= 4 is 29.0 Å². The third-order valence-corrected chi connectivity index (χ3v) is 7.70. The highest BCUT2D eigenvalue weighted by Crippen LogP contribution is 2.42. The highest BCUT2D eigenvalue weighted by Gasteiger charge is 2.47. The fourth-order valence-corrected chi connectivity index (χ4v) is 5.26. The van der Waals surface area contributed by atoms with Gasteiger partial charge in [-0.1, -0.05) is 23.2 Å². The van der Waals surface area contributed by atoms with Gasteiger partial charge in [0.05, 0.1) is 36.1 Å². The van der Waals surface area contributed by atoms with Gasteiger partial charge in [0.1, 0.15) is 22.4 Å². The van der Waals surface area contributed by atoms with Crippen LogP contribution in [0.15, 0.2) is 16.9 Å². The number of hydrogen-bond donors (Lipinski definition) is 1. The normalized spacial score (nSPS) is 22.9. The van der Waals surface area contributed by atoms with Crippen LogP contribution < -0.4 is 20.9 Å². The second-order valence-corrected chi connectivity index (χ2v) is 9.31. The standard InChI is InChI=1S/C22H28Cl2N4O3/c1-12-20(27-9-7-22(8-10-27)11-31-13(2)19(22)25)26-14(3)28(21(12)29)15-5-6-16(30-4)18(24)17(15)23/h5-6,13,19H,7-11,25H2,1-4H3/t13-,19+/m1/s1. The maximum atomic E-state index is 13.3. The summed E-state index contributed by atoms with van der Waals surface area (Å²) in [6, 6.07) is 3.45. The molecule has 7 nitrogen and oxygen atoms in total. The zero-order valence-electron chi connectivity index (χ0n) is 18.2. The molecule has 1 aromatic heterocycles. The minimum absolute atomic E-state index is 0.0151. The molecule has 2 fully saturated rings. The van der Waals surface area contributed by atoms with Gasteiger partial charge in [-0.15, -0.1) is 0 Å². The second-order valence-electron chi connectivity index (χ2n) is 8.55. The van der Waals surface area contributed by atoms with E-state index in [9.17, 15) is 4.79 Å². The van der Waals surface area contributed by atoms with Crippen LogP contribution in [0.1, 0.15) is 31.2 Å². The lowest BCUT2D eigenvalue weighted by Gasteiger charge is -2.42. The van der Waals surface area contributed by atoms with Crippen molar-refractivity contribution in [1.82, 2.24) is 9.55 Å². The van der Waals surface area contributed by atoms with E-state index in [2.05, 4.69) is 4.90 Å². The summed E-state index contributed by atoms with van der Waals surface area (Å²) < 4.78 is 12.5. The largest absolute Gasteiger partial charge is 0.495 e. The van der Waals surface area contributed by atoms with Gasteiger partial charge in [-0.05, 0) is 45.7 Å². The van der Waals surface area contributed by atoms with Crippen LogP contribution in [0.25, 0.3) is 5.69 Å². The lowest BCUT2D eigenvalue weighted by Crippen LogP contribution is -2.51. The van der Waals surface area contributed by atoms with Crippen LogP contribution in [0.3, 0.4) is 0 Å². The van der Waals surface area contributed by atoms with E-state index in [0.29, 0.717) is 35.2 Å². The molecule has 9 heteroatoms. The van der Waals surface area contributed by atoms with E-state index < -0.39 is 0 Å². The molecule has 2 saturated heterocycles. The molecule has 0 bridgehead atoms. The SMILES string of the molecule is COc1ccc(-n2c(C)nc(N3CCC4(CC3)CO[C@H](C)[C@@H]4N)c(C)c2=O)c(Cl)c1Cl. The second kappa shape index (κ2) is 8.28. The monoisotopic (exact) mass is 466 g/mol. The predicted octanol–water partition coefficient (Wildman–Crippen LogP) is 3.50. The number of methoxy groups -OCH3 is 1. The minimum atomic E-state index is -0.166. The van der Waals surface area contributed by atoms with Crippen molar-refractivity contribution in [2.45, 2.75) is 45.8 Å². The van der Waals surface area contributed by atoms with Crippen LogP contribution in [-0.2, 0) is 4.74 Å². The van der Waals surface area contributed by atoms with Crippen LogP contribution >= 0.6 is 23.2 Å². The van der Waals surface area contributed by atoms with Crippen LogP contribution in [0.5, 0.6) is 5.75 Å². The Morgan fingerprint density at radius 3 is 2.48 bits per heavy atom. The third-order valence-electron chi connectivity index (χ3n) is 6.84. The highest BCUT2D eigenvalue weighted by molar-refractivity contribution is 6.44. The first-order valence-electron chi connectivity index (χ1n) is 10.4. The van der Waals surface area contributed by atoms with Gasteiger partial charge in [-0.2, -0.15) is 0 Å². The van der Waals surface area contributed by atoms with Crippen molar-refractivity contribution in [1.29, 1.82) is 0 Å². The van der Waals surface area contributed by atoms with Gasteiger partial charge in [0.2, 0.25) is 0 Å². The number of hydrogen-bond acceptors (Lipinski definition) is 6. The smallest absolute Gasteiger partial charge is 0.263 e. The average Bonchev–Trinajstić information content (AvgIpc) is 3.03. The Labute approximate surface area is 192 Å². The Morgan fingerprint density at radius 2 is 1.90 bits per heavy atom. The first kappa shape index (κ1) is 22.4. The predicted molar refractivity (Wildman–Crippen MR) is 123 cm³/mol. The van der Waals surface area contributed by atoms with Crippen molar-refractivity contribution in [3.63, 3.8) is 0 Å². The summed E-state index contributed by atoms with van der Waals surface area (Å²) in [4.78, 5) is 20.3. The number of piperidine rings is 1. The Morgan fingerprint density at radius 1 is 1.23 bits per heavy atom. The number of halogens is 2. The number of rotatable bonds is 3. The summed E-state index contributed by atoms with van der Waals surface area (Å²) in [7, 11) is 1.52. The molecule has 2 aliphatic heterocycles. The molecule has 0 aliphatic carbocycles. The summed E-state index contributed by atoms with van der Waals surface area (Å²) in [6.45, 7) is 7.92. The molecule has 31 heavy (non-hydrogen) atoms. The van der Waals surface area contributed by atoms with Gasteiger partial charge >= 0.3 is 0 Å². The fraction of sp³-hybridized carbons (Fsp3) is 0.545. The van der Waals surface area contributed by atoms with E-state index in [1.54, 1.807) is 26.0 Å². The molecule has 0 saturated carbocycles. The summed E-state index contributed by atoms with van der Waals surface area (Å²) in [5.74, 6) is 1.71. The van der Waals surface area contributed by atoms with Gasteiger partial charge in [-0.3, -0.25) is 9.36 Å². The van der Waals surface area contributed by atoms with Crippen LogP contribution in [0.2, 0.25) is 10.0 Å². The number of aromatic nitrogens is 2. The molecule has 2 aromatic rings.